The molecule has 1 atom stereocenters. The van der Waals surface area contributed by atoms with Crippen molar-refractivity contribution in [3.63, 3.8) is 0 Å². The summed E-state index contributed by atoms with van der Waals surface area (Å²) in [5.74, 6) is 0.639. The van der Waals surface area contributed by atoms with Gasteiger partial charge in [-0.25, -0.2) is 9.97 Å². The molecule has 6 heteroatoms. The van der Waals surface area contributed by atoms with Crippen molar-refractivity contribution in [2.24, 2.45) is 0 Å². The molecule has 0 aromatic carbocycles. The zero-order valence-electron chi connectivity index (χ0n) is 10.3. The average Bonchev–Trinajstić information content (AvgIpc) is 2.81. The van der Waals surface area contributed by atoms with Gasteiger partial charge < -0.3 is 11.1 Å². The lowest BCUT2D eigenvalue weighted by atomic mass is 10.3. The lowest BCUT2D eigenvalue weighted by Gasteiger charge is -2.13. The first-order valence-electron chi connectivity index (χ1n) is 5.72. The van der Waals surface area contributed by atoms with Crippen molar-refractivity contribution < 1.29 is 0 Å². The second-order valence-corrected chi connectivity index (χ2v) is 5.56. The number of pyridine rings is 1. The standard InChI is InChI=1S/C12H15ClN4S/c1-3-9-6-16-12(18-9)7(2)17-11-10(14)4-8(13)5-15-11/h4-7H,3,14H2,1-2H3,(H,15,17). The number of halogens is 1. The van der Waals surface area contributed by atoms with Crippen molar-refractivity contribution in [1.82, 2.24) is 9.97 Å². The first-order chi connectivity index (χ1) is 8.60. The number of hydrogen-bond acceptors (Lipinski definition) is 5. The van der Waals surface area contributed by atoms with Gasteiger partial charge in [-0.05, 0) is 19.4 Å². The van der Waals surface area contributed by atoms with Gasteiger partial charge in [-0.1, -0.05) is 18.5 Å². The molecular weight excluding hydrogens is 268 g/mol. The quantitative estimate of drug-likeness (QED) is 0.901. The Hall–Kier alpha value is -1.33. The molecule has 0 radical (unpaired) electrons. The van der Waals surface area contributed by atoms with E-state index in [2.05, 4.69) is 22.2 Å². The molecule has 2 heterocycles. The lowest BCUT2D eigenvalue weighted by molar-refractivity contribution is 0.861. The Bertz CT molecular complexity index is 541. The third-order valence-corrected chi connectivity index (χ3v) is 4.06. The van der Waals surface area contributed by atoms with E-state index in [0.717, 1.165) is 11.4 Å². The highest BCUT2D eigenvalue weighted by Gasteiger charge is 2.12. The molecule has 2 rings (SSSR count). The van der Waals surface area contributed by atoms with Gasteiger partial charge in [-0.3, -0.25) is 0 Å². The minimum absolute atomic E-state index is 0.0753. The van der Waals surface area contributed by atoms with E-state index in [4.69, 9.17) is 17.3 Å². The monoisotopic (exact) mass is 282 g/mol. The van der Waals surface area contributed by atoms with E-state index < -0.39 is 0 Å². The summed E-state index contributed by atoms with van der Waals surface area (Å²) in [6.45, 7) is 4.15. The Labute approximate surface area is 115 Å². The molecule has 0 bridgehead atoms. The smallest absolute Gasteiger partial charge is 0.149 e. The van der Waals surface area contributed by atoms with E-state index in [9.17, 15) is 0 Å². The maximum Gasteiger partial charge on any atom is 0.149 e. The summed E-state index contributed by atoms with van der Waals surface area (Å²) in [5.41, 5.74) is 6.40. The van der Waals surface area contributed by atoms with Gasteiger partial charge in [0.05, 0.1) is 16.8 Å². The molecule has 3 N–H and O–H groups in total. The third kappa shape index (κ3) is 2.91. The zero-order valence-corrected chi connectivity index (χ0v) is 11.8. The van der Waals surface area contributed by atoms with Gasteiger partial charge in [0.1, 0.15) is 10.8 Å². The van der Waals surface area contributed by atoms with Crippen LogP contribution < -0.4 is 11.1 Å². The molecule has 96 valence electrons. The Morgan fingerprint density at radius 2 is 2.22 bits per heavy atom. The summed E-state index contributed by atoms with van der Waals surface area (Å²) >= 11 is 7.51. The van der Waals surface area contributed by atoms with Crippen LogP contribution >= 0.6 is 22.9 Å². The van der Waals surface area contributed by atoms with E-state index in [0.29, 0.717) is 16.5 Å². The van der Waals surface area contributed by atoms with Crippen molar-refractivity contribution in [1.29, 1.82) is 0 Å². The minimum Gasteiger partial charge on any atom is -0.396 e. The predicted octanol–water partition coefficient (Wildman–Crippen LogP) is 3.51. The summed E-state index contributed by atoms with van der Waals surface area (Å²) in [7, 11) is 0. The molecule has 2 aromatic heterocycles. The minimum atomic E-state index is 0.0753. The average molecular weight is 283 g/mol. The number of aromatic nitrogens is 2. The van der Waals surface area contributed by atoms with Crippen molar-refractivity contribution >= 4 is 34.4 Å². The number of anilines is 2. The Morgan fingerprint density at radius 1 is 1.44 bits per heavy atom. The predicted molar refractivity (Wildman–Crippen MR) is 77.2 cm³/mol. The van der Waals surface area contributed by atoms with Crippen molar-refractivity contribution in [2.75, 3.05) is 11.1 Å². The van der Waals surface area contributed by atoms with E-state index >= 15 is 0 Å². The molecule has 0 aliphatic heterocycles. The maximum absolute atomic E-state index is 5.85. The van der Waals surface area contributed by atoms with E-state index in [1.807, 2.05) is 13.1 Å². The first-order valence-corrected chi connectivity index (χ1v) is 6.91. The number of nitrogens with two attached hydrogens (primary N) is 1. The number of nitrogens with zero attached hydrogens (tertiary/aromatic N) is 2. The topological polar surface area (TPSA) is 63.8 Å². The third-order valence-electron chi connectivity index (χ3n) is 2.53. The second kappa shape index (κ2) is 5.54. The van der Waals surface area contributed by atoms with Gasteiger partial charge in [0.2, 0.25) is 0 Å². The van der Waals surface area contributed by atoms with Crippen LogP contribution in [-0.4, -0.2) is 9.97 Å². The van der Waals surface area contributed by atoms with Crippen LogP contribution in [0.3, 0.4) is 0 Å². The zero-order chi connectivity index (χ0) is 13.1. The Balaban J connectivity index is 2.13. The highest BCUT2D eigenvalue weighted by Crippen LogP contribution is 2.26. The fraction of sp³-hybridized carbons (Fsp3) is 0.333. The summed E-state index contributed by atoms with van der Waals surface area (Å²) in [5, 5.41) is 4.81. The van der Waals surface area contributed by atoms with Crippen molar-refractivity contribution in [3.05, 3.63) is 33.4 Å². The molecule has 0 aliphatic carbocycles. The summed E-state index contributed by atoms with van der Waals surface area (Å²) in [4.78, 5) is 9.84. The Kier molecular flexibility index (Phi) is 4.04. The fourth-order valence-corrected chi connectivity index (χ4v) is 2.55. The van der Waals surface area contributed by atoms with E-state index in [1.54, 1.807) is 23.6 Å². The molecule has 18 heavy (non-hydrogen) atoms. The van der Waals surface area contributed by atoms with Gasteiger partial charge >= 0.3 is 0 Å². The maximum atomic E-state index is 5.85. The molecule has 0 aliphatic rings. The highest BCUT2D eigenvalue weighted by molar-refractivity contribution is 7.11. The van der Waals surface area contributed by atoms with Crippen LogP contribution in [0.2, 0.25) is 5.02 Å². The molecular formula is C12H15ClN4S. The number of thiazole rings is 1. The largest absolute Gasteiger partial charge is 0.396 e. The number of nitrogens with one attached hydrogen (secondary N) is 1. The number of nitrogen functional groups attached to an aromatic ring is 1. The number of rotatable bonds is 4. The normalized spacial score (nSPS) is 12.4. The molecule has 2 aromatic rings. The van der Waals surface area contributed by atoms with Gasteiger partial charge in [0, 0.05) is 17.3 Å². The summed E-state index contributed by atoms with van der Waals surface area (Å²) < 4.78 is 0. The summed E-state index contributed by atoms with van der Waals surface area (Å²) in [6.07, 6.45) is 4.49. The van der Waals surface area contributed by atoms with Gasteiger partial charge in [0.15, 0.2) is 0 Å². The van der Waals surface area contributed by atoms with Crippen LogP contribution in [0.15, 0.2) is 18.5 Å². The second-order valence-electron chi connectivity index (χ2n) is 3.98. The molecule has 1 unspecified atom stereocenters. The highest BCUT2D eigenvalue weighted by atomic mass is 35.5. The van der Waals surface area contributed by atoms with Crippen LogP contribution in [0.25, 0.3) is 0 Å². The van der Waals surface area contributed by atoms with Crippen LogP contribution in [0.5, 0.6) is 0 Å². The Morgan fingerprint density at radius 3 is 2.83 bits per heavy atom. The molecule has 0 spiro atoms. The molecule has 0 saturated heterocycles. The molecule has 4 nitrogen and oxygen atoms in total. The fourth-order valence-electron chi connectivity index (χ4n) is 1.53. The van der Waals surface area contributed by atoms with E-state index in [-0.39, 0.29) is 6.04 Å². The van der Waals surface area contributed by atoms with Gasteiger partial charge in [-0.15, -0.1) is 11.3 Å². The number of hydrogen-bond donors (Lipinski definition) is 2. The summed E-state index contributed by atoms with van der Waals surface area (Å²) in [6, 6.07) is 1.76. The lowest BCUT2D eigenvalue weighted by Crippen LogP contribution is -2.09. The first kappa shape index (κ1) is 13.1. The van der Waals surface area contributed by atoms with Crippen LogP contribution in [0.4, 0.5) is 11.5 Å². The van der Waals surface area contributed by atoms with Gasteiger partial charge in [-0.2, -0.15) is 0 Å². The van der Waals surface area contributed by atoms with Crippen LogP contribution in [0, 0.1) is 0 Å². The van der Waals surface area contributed by atoms with Crippen molar-refractivity contribution in [2.45, 2.75) is 26.3 Å². The molecule has 0 fully saturated rings. The SMILES string of the molecule is CCc1cnc(C(C)Nc2ncc(Cl)cc2N)s1. The van der Waals surface area contributed by atoms with Crippen LogP contribution in [0.1, 0.15) is 29.8 Å². The van der Waals surface area contributed by atoms with Crippen LogP contribution in [-0.2, 0) is 6.42 Å². The van der Waals surface area contributed by atoms with E-state index in [1.165, 1.54) is 4.88 Å². The van der Waals surface area contributed by atoms with Gasteiger partial charge in [0.25, 0.3) is 0 Å². The number of aryl methyl sites for hydroxylation is 1. The molecule has 0 amide bonds. The van der Waals surface area contributed by atoms with Crippen molar-refractivity contribution in [3.8, 4) is 0 Å². The molecule has 0 saturated carbocycles.